The van der Waals surface area contributed by atoms with Gasteiger partial charge in [0.05, 0.1) is 11.2 Å². The van der Waals surface area contributed by atoms with Gasteiger partial charge in [-0.2, -0.15) is 0 Å². The van der Waals surface area contributed by atoms with E-state index in [0.717, 1.165) is 64.8 Å². The number of anilines is 1. The maximum atomic E-state index is 14.3. The number of ketones is 1. The first-order chi connectivity index (χ1) is 22.3. The van der Waals surface area contributed by atoms with E-state index in [9.17, 15) is 19.1 Å². The van der Waals surface area contributed by atoms with Crippen molar-refractivity contribution in [2.75, 3.05) is 44.2 Å². The number of aromatic nitrogens is 3. The van der Waals surface area contributed by atoms with Crippen LogP contribution < -0.4 is 9.64 Å². The van der Waals surface area contributed by atoms with Crippen LogP contribution in [0.25, 0.3) is 0 Å². The molecule has 47 heavy (non-hydrogen) atoms. The fraction of sp³-hybridized carbons (Fsp3) is 0.694. The topological polar surface area (TPSA) is 112 Å². The molecule has 2 saturated carbocycles. The molecule has 0 bridgehead atoms. The predicted octanol–water partition coefficient (Wildman–Crippen LogP) is 5.50. The van der Waals surface area contributed by atoms with E-state index in [-0.39, 0.29) is 51.7 Å². The highest BCUT2D eigenvalue weighted by Crippen LogP contribution is 2.53. The molecule has 256 valence electrons. The average Bonchev–Trinajstić information content (AvgIpc) is 3.35. The molecule has 0 radical (unpaired) electrons. The molecule has 1 atom stereocenters. The van der Waals surface area contributed by atoms with Crippen LogP contribution in [0.5, 0.6) is 11.6 Å². The second-order valence-corrected chi connectivity index (χ2v) is 15.7. The minimum Gasteiger partial charge on any atom is -0.434 e. The number of carbonyl (C=O) groups excluding carboxylic acids is 2. The Kier molecular flexibility index (Phi) is 9.34. The monoisotopic (exact) mass is 650 g/mol. The minimum absolute atomic E-state index is 0.0481. The second-order valence-electron chi connectivity index (χ2n) is 15.7. The van der Waals surface area contributed by atoms with Crippen molar-refractivity contribution in [2.45, 2.75) is 97.6 Å². The van der Waals surface area contributed by atoms with Crippen LogP contribution in [-0.2, 0) is 4.79 Å². The van der Waals surface area contributed by atoms with Crippen molar-refractivity contribution < 1.29 is 23.8 Å². The summed E-state index contributed by atoms with van der Waals surface area (Å²) < 4.78 is 20.4. The molecule has 4 fully saturated rings. The Morgan fingerprint density at radius 1 is 1.15 bits per heavy atom. The summed E-state index contributed by atoms with van der Waals surface area (Å²) in [6.45, 7) is 14.8. The molecule has 1 aromatic heterocycles. The highest BCUT2D eigenvalue weighted by Gasteiger charge is 2.51. The lowest BCUT2D eigenvalue weighted by Crippen LogP contribution is -2.61. The lowest BCUT2D eigenvalue weighted by Gasteiger charge is -2.54. The van der Waals surface area contributed by atoms with Crippen LogP contribution in [0.15, 0.2) is 24.5 Å². The molecule has 1 N–H and O–H groups in total. The molecule has 2 aliphatic carbocycles. The zero-order chi connectivity index (χ0) is 33.6. The zero-order valence-electron chi connectivity index (χ0n) is 28.7. The van der Waals surface area contributed by atoms with Gasteiger partial charge in [-0.25, -0.2) is 9.37 Å². The van der Waals surface area contributed by atoms with E-state index < -0.39 is 11.4 Å². The quantitative estimate of drug-likeness (QED) is 0.376. The molecule has 2 aromatic rings. The van der Waals surface area contributed by atoms with Crippen molar-refractivity contribution in [3.8, 4) is 11.6 Å². The molecule has 4 aliphatic rings. The Hall–Kier alpha value is -3.18. The van der Waals surface area contributed by atoms with Gasteiger partial charge in [-0.3, -0.25) is 9.59 Å². The molecular weight excluding hydrogens is 599 g/mol. The molecule has 2 saturated heterocycles. The first-order valence-corrected chi connectivity index (χ1v) is 17.5. The number of rotatable bonds is 9. The van der Waals surface area contributed by atoms with Gasteiger partial charge >= 0.3 is 0 Å². The molecule has 0 unspecified atom stereocenters. The van der Waals surface area contributed by atoms with Gasteiger partial charge in [0.2, 0.25) is 0 Å². The number of hydrogen-bond acceptors (Lipinski definition) is 9. The summed E-state index contributed by atoms with van der Waals surface area (Å²) in [5.41, 5.74) is -0.446. The predicted molar refractivity (Wildman–Crippen MR) is 177 cm³/mol. The SMILES string of the molecule is CCN(C(=O)c1cc(F)ccc1Oc1nncnc1N1CC2(CCN(CC3CCC4(CC3)CC(=O)[C@@H](C(C)(C)O)C4)CC2)C1)C(C)C. The standard InChI is InChI=1S/C36H51FN6O4/c1-6-43(24(2)3)33(45)27-17-26(37)7-8-30(27)47-32-31(38-23-39-40-32)42-21-36(22-42)13-15-41(16-14-36)20-25-9-11-35(12-10-25)18-28(29(44)19-35)34(4,5)46/h7-8,17,23-25,28,46H,6,9-16,18-22H2,1-5H3/t25?,28-,35?/m0/s1. The molecule has 2 aliphatic heterocycles. The maximum Gasteiger partial charge on any atom is 0.282 e. The van der Waals surface area contributed by atoms with E-state index in [1.807, 2.05) is 20.8 Å². The first-order valence-electron chi connectivity index (χ1n) is 17.5. The van der Waals surface area contributed by atoms with Gasteiger partial charge in [-0.15, -0.1) is 10.2 Å². The Balaban J connectivity index is 1.02. The number of ether oxygens (including phenoxy) is 1. The van der Waals surface area contributed by atoms with E-state index in [2.05, 4.69) is 25.0 Å². The third-order valence-electron chi connectivity index (χ3n) is 11.6. The Morgan fingerprint density at radius 2 is 1.85 bits per heavy atom. The molecular formula is C36H51FN6O4. The number of benzene rings is 1. The van der Waals surface area contributed by atoms with Gasteiger partial charge in [0.1, 0.15) is 23.7 Å². The van der Waals surface area contributed by atoms with E-state index in [4.69, 9.17) is 4.74 Å². The van der Waals surface area contributed by atoms with Gasteiger partial charge in [0, 0.05) is 50.0 Å². The zero-order valence-corrected chi connectivity index (χ0v) is 28.7. The molecule has 11 heteroatoms. The number of halogens is 1. The van der Waals surface area contributed by atoms with E-state index in [1.54, 1.807) is 18.7 Å². The van der Waals surface area contributed by atoms with E-state index >= 15 is 0 Å². The smallest absolute Gasteiger partial charge is 0.282 e. The first kappa shape index (κ1) is 33.7. The number of hydrogen-bond donors (Lipinski definition) is 1. The fourth-order valence-electron chi connectivity index (χ4n) is 8.72. The molecule has 1 amide bonds. The normalized spacial score (nSPS) is 26.2. The second kappa shape index (κ2) is 13.0. The van der Waals surface area contributed by atoms with Crippen LogP contribution >= 0.6 is 0 Å². The number of carbonyl (C=O) groups is 2. The van der Waals surface area contributed by atoms with Crippen molar-refractivity contribution in [3.63, 3.8) is 0 Å². The van der Waals surface area contributed by atoms with Crippen molar-refractivity contribution in [1.82, 2.24) is 25.0 Å². The highest BCUT2D eigenvalue weighted by molar-refractivity contribution is 5.97. The van der Waals surface area contributed by atoms with E-state index in [0.29, 0.717) is 24.7 Å². The summed E-state index contributed by atoms with van der Waals surface area (Å²) in [4.78, 5) is 37.0. The summed E-state index contributed by atoms with van der Waals surface area (Å²) in [5, 5.41) is 18.7. The van der Waals surface area contributed by atoms with Gasteiger partial charge in [0.25, 0.3) is 11.8 Å². The average molecular weight is 651 g/mol. The lowest BCUT2D eigenvalue weighted by atomic mass is 9.68. The van der Waals surface area contributed by atoms with Crippen LogP contribution in [0.3, 0.4) is 0 Å². The molecule has 1 aromatic carbocycles. The number of amides is 1. The summed E-state index contributed by atoms with van der Waals surface area (Å²) >= 11 is 0. The number of nitrogens with zero attached hydrogens (tertiary/aromatic N) is 6. The van der Waals surface area contributed by atoms with Gasteiger partial charge in [0.15, 0.2) is 5.82 Å². The van der Waals surface area contributed by atoms with Crippen molar-refractivity contribution >= 4 is 17.5 Å². The Labute approximate surface area is 278 Å². The summed E-state index contributed by atoms with van der Waals surface area (Å²) in [7, 11) is 0. The molecule has 10 nitrogen and oxygen atoms in total. The molecule has 3 heterocycles. The third kappa shape index (κ3) is 7.02. The number of likely N-dealkylation sites (tertiary alicyclic amines) is 1. The van der Waals surface area contributed by atoms with Crippen LogP contribution in [0.2, 0.25) is 0 Å². The van der Waals surface area contributed by atoms with Crippen molar-refractivity contribution in [2.24, 2.45) is 22.7 Å². The lowest BCUT2D eigenvalue weighted by molar-refractivity contribution is -0.127. The van der Waals surface area contributed by atoms with Crippen LogP contribution in [0, 0.1) is 28.5 Å². The van der Waals surface area contributed by atoms with Crippen molar-refractivity contribution in [3.05, 3.63) is 35.9 Å². The largest absolute Gasteiger partial charge is 0.434 e. The summed E-state index contributed by atoms with van der Waals surface area (Å²) in [6, 6.07) is 3.91. The van der Waals surface area contributed by atoms with Crippen LogP contribution in [0.4, 0.5) is 10.2 Å². The Bertz CT molecular complexity index is 1450. The van der Waals surface area contributed by atoms with Crippen LogP contribution in [-0.4, -0.2) is 92.7 Å². The summed E-state index contributed by atoms with van der Waals surface area (Å²) in [5.74, 6) is 0.922. The number of aliphatic hydroxyl groups is 1. The maximum absolute atomic E-state index is 14.3. The molecule has 6 rings (SSSR count). The third-order valence-corrected chi connectivity index (χ3v) is 11.6. The van der Waals surface area contributed by atoms with Gasteiger partial charge < -0.3 is 24.5 Å². The minimum atomic E-state index is -0.923. The fourth-order valence-corrected chi connectivity index (χ4v) is 8.72. The summed E-state index contributed by atoms with van der Waals surface area (Å²) in [6.07, 6.45) is 9.67. The molecule has 2 spiro atoms. The van der Waals surface area contributed by atoms with E-state index in [1.165, 1.54) is 37.4 Å². The highest BCUT2D eigenvalue weighted by atomic mass is 19.1. The number of Topliss-reactive ketones (excluding diaryl/α,β-unsaturated/α-hetero) is 1. The van der Waals surface area contributed by atoms with Gasteiger partial charge in [-0.05, 0) is 122 Å². The number of piperidine rings is 1. The van der Waals surface area contributed by atoms with Gasteiger partial charge in [-0.1, -0.05) is 0 Å². The Morgan fingerprint density at radius 3 is 2.47 bits per heavy atom. The van der Waals surface area contributed by atoms with Crippen LogP contribution in [0.1, 0.15) is 96.3 Å². The van der Waals surface area contributed by atoms with Crippen molar-refractivity contribution in [1.29, 1.82) is 0 Å².